The molecule has 1 atom stereocenters. The average molecular weight is 345 g/mol. The van der Waals surface area contributed by atoms with Gasteiger partial charge in [0.25, 0.3) is 0 Å². The van der Waals surface area contributed by atoms with E-state index < -0.39 is 6.10 Å². The summed E-state index contributed by atoms with van der Waals surface area (Å²) in [5, 5.41) is 14.1. The monoisotopic (exact) mass is 344 g/mol. The SMILES string of the molecule is OC(CNCCc1ccc(N2CCCC2)cc1)c1cccc(Cl)c1. The molecule has 2 aromatic carbocycles. The minimum absolute atomic E-state index is 0.527. The Kier molecular flexibility index (Phi) is 6.13. The number of anilines is 1. The summed E-state index contributed by atoms with van der Waals surface area (Å²) in [6, 6.07) is 16.3. The summed E-state index contributed by atoms with van der Waals surface area (Å²) in [6.07, 6.45) is 3.05. The minimum atomic E-state index is -0.527. The maximum absolute atomic E-state index is 10.2. The first-order chi connectivity index (χ1) is 11.7. The van der Waals surface area contributed by atoms with Crippen molar-refractivity contribution in [3.05, 3.63) is 64.7 Å². The zero-order chi connectivity index (χ0) is 16.8. The Hall–Kier alpha value is -1.55. The third-order valence-corrected chi connectivity index (χ3v) is 4.80. The quantitative estimate of drug-likeness (QED) is 0.750. The summed E-state index contributed by atoms with van der Waals surface area (Å²) in [6.45, 7) is 3.75. The molecule has 4 heteroatoms. The molecule has 3 nitrogen and oxygen atoms in total. The molecule has 2 N–H and O–H groups in total. The summed E-state index contributed by atoms with van der Waals surface area (Å²) in [5.74, 6) is 0. The molecule has 2 aromatic rings. The van der Waals surface area contributed by atoms with E-state index in [0.717, 1.165) is 18.5 Å². The topological polar surface area (TPSA) is 35.5 Å². The van der Waals surface area contributed by atoms with Crippen molar-refractivity contribution in [2.45, 2.75) is 25.4 Å². The highest BCUT2D eigenvalue weighted by molar-refractivity contribution is 6.30. The second kappa shape index (κ2) is 8.52. The van der Waals surface area contributed by atoms with Crippen molar-refractivity contribution in [2.24, 2.45) is 0 Å². The van der Waals surface area contributed by atoms with Gasteiger partial charge in [-0.2, -0.15) is 0 Å². The van der Waals surface area contributed by atoms with Gasteiger partial charge >= 0.3 is 0 Å². The Balaban J connectivity index is 1.41. The summed E-state index contributed by atoms with van der Waals surface area (Å²) >= 11 is 5.96. The summed E-state index contributed by atoms with van der Waals surface area (Å²) in [7, 11) is 0. The van der Waals surface area contributed by atoms with Crippen molar-refractivity contribution in [3.8, 4) is 0 Å². The fourth-order valence-corrected chi connectivity index (χ4v) is 3.35. The smallest absolute Gasteiger partial charge is 0.0914 e. The molecule has 0 bridgehead atoms. The van der Waals surface area contributed by atoms with Crippen LogP contribution in [0.15, 0.2) is 48.5 Å². The Morgan fingerprint density at radius 2 is 1.83 bits per heavy atom. The zero-order valence-electron chi connectivity index (χ0n) is 13.9. The van der Waals surface area contributed by atoms with Gasteiger partial charge in [-0.05, 0) is 61.2 Å². The maximum atomic E-state index is 10.2. The van der Waals surface area contributed by atoms with Crippen LogP contribution in [0.25, 0.3) is 0 Å². The number of nitrogens with zero attached hydrogens (tertiary/aromatic N) is 1. The molecule has 1 fully saturated rings. The van der Waals surface area contributed by atoms with E-state index in [4.69, 9.17) is 11.6 Å². The van der Waals surface area contributed by atoms with Crippen LogP contribution in [0.5, 0.6) is 0 Å². The van der Waals surface area contributed by atoms with Gasteiger partial charge in [0.15, 0.2) is 0 Å². The number of benzene rings is 2. The van der Waals surface area contributed by atoms with E-state index in [9.17, 15) is 5.11 Å². The summed E-state index contributed by atoms with van der Waals surface area (Å²) in [5.41, 5.74) is 3.51. The molecule has 0 spiro atoms. The molecule has 3 rings (SSSR count). The number of rotatable bonds is 7. The van der Waals surface area contributed by atoms with Crippen LogP contribution in [0.4, 0.5) is 5.69 Å². The Morgan fingerprint density at radius 3 is 2.54 bits per heavy atom. The Bertz CT molecular complexity index is 638. The molecule has 0 saturated carbocycles. The van der Waals surface area contributed by atoms with Gasteiger partial charge < -0.3 is 15.3 Å². The molecule has 1 heterocycles. The van der Waals surface area contributed by atoms with Crippen molar-refractivity contribution in [1.29, 1.82) is 0 Å². The third-order valence-electron chi connectivity index (χ3n) is 4.57. The van der Waals surface area contributed by atoms with E-state index in [1.54, 1.807) is 0 Å². The number of nitrogens with one attached hydrogen (secondary N) is 1. The lowest BCUT2D eigenvalue weighted by atomic mass is 10.1. The van der Waals surface area contributed by atoms with E-state index in [0.29, 0.717) is 11.6 Å². The number of hydrogen-bond acceptors (Lipinski definition) is 3. The highest BCUT2D eigenvalue weighted by Crippen LogP contribution is 2.20. The van der Waals surface area contributed by atoms with Crippen LogP contribution >= 0.6 is 11.6 Å². The molecular formula is C20H25ClN2O. The van der Waals surface area contributed by atoms with Gasteiger partial charge in [-0.1, -0.05) is 35.9 Å². The van der Waals surface area contributed by atoms with Crippen LogP contribution in [0.3, 0.4) is 0 Å². The number of aliphatic hydroxyl groups excluding tert-OH is 1. The molecule has 1 aliphatic rings. The first kappa shape index (κ1) is 17.3. The van der Waals surface area contributed by atoms with Crippen LogP contribution in [-0.4, -0.2) is 31.3 Å². The lowest BCUT2D eigenvalue weighted by Gasteiger charge is -2.17. The van der Waals surface area contributed by atoms with Gasteiger partial charge in [-0.15, -0.1) is 0 Å². The summed E-state index contributed by atoms with van der Waals surface area (Å²) in [4.78, 5) is 2.45. The lowest BCUT2D eigenvalue weighted by molar-refractivity contribution is 0.175. The average Bonchev–Trinajstić information content (AvgIpc) is 3.14. The van der Waals surface area contributed by atoms with Crippen LogP contribution in [0, 0.1) is 0 Å². The van der Waals surface area contributed by atoms with E-state index in [1.807, 2.05) is 24.3 Å². The Morgan fingerprint density at radius 1 is 1.08 bits per heavy atom. The molecule has 0 radical (unpaired) electrons. The van der Waals surface area contributed by atoms with Gasteiger partial charge in [0, 0.05) is 30.3 Å². The predicted octanol–water partition coefficient (Wildman–Crippen LogP) is 3.81. The molecule has 1 aliphatic heterocycles. The highest BCUT2D eigenvalue weighted by atomic mass is 35.5. The largest absolute Gasteiger partial charge is 0.387 e. The van der Waals surface area contributed by atoms with Gasteiger partial charge in [0.05, 0.1) is 6.10 Å². The first-order valence-electron chi connectivity index (χ1n) is 8.70. The van der Waals surface area contributed by atoms with Gasteiger partial charge in [0.1, 0.15) is 0 Å². The minimum Gasteiger partial charge on any atom is -0.387 e. The molecular weight excluding hydrogens is 320 g/mol. The number of hydrogen-bond donors (Lipinski definition) is 2. The lowest BCUT2D eigenvalue weighted by Crippen LogP contribution is -2.23. The summed E-state index contributed by atoms with van der Waals surface area (Å²) < 4.78 is 0. The van der Waals surface area contributed by atoms with Gasteiger partial charge in [0.2, 0.25) is 0 Å². The fourth-order valence-electron chi connectivity index (χ4n) is 3.15. The van der Waals surface area contributed by atoms with E-state index in [1.165, 1.54) is 37.2 Å². The van der Waals surface area contributed by atoms with Crippen LogP contribution < -0.4 is 10.2 Å². The molecule has 1 saturated heterocycles. The van der Waals surface area contributed by atoms with Crippen molar-refractivity contribution in [3.63, 3.8) is 0 Å². The van der Waals surface area contributed by atoms with Crippen molar-refractivity contribution < 1.29 is 5.11 Å². The molecule has 24 heavy (non-hydrogen) atoms. The van der Waals surface area contributed by atoms with E-state index in [-0.39, 0.29) is 0 Å². The second-order valence-electron chi connectivity index (χ2n) is 6.39. The van der Waals surface area contributed by atoms with Gasteiger partial charge in [-0.25, -0.2) is 0 Å². The third kappa shape index (κ3) is 4.73. The van der Waals surface area contributed by atoms with Crippen LogP contribution in [-0.2, 0) is 6.42 Å². The first-order valence-corrected chi connectivity index (χ1v) is 9.08. The van der Waals surface area contributed by atoms with Gasteiger partial charge in [-0.3, -0.25) is 0 Å². The zero-order valence-corrected chi connectivity index (χ0v) is 14.7. The number of halogens is 1. The fraction of sp³-hybridized carbons (Fsp3) is 0.400. The highest BCUT2D eigenvalue weighted by Gasteiger charge is 2.11. The van der Waals surface area contributed by atoms with Crippen LogP contribution in [0.2, 0.25) is 5.02 Å². The molecule has 0 aliphatic carbocycles. The van der Waals surface area contributed by atoms with E-state index >= 15 is 0 Å². The van der Waals surface area contributed by atoms with Crippen molar-refractivity contribution in [1.82, 2.24) is 5.32 Å². The molecule has 1 unspecified atom stereocenters. The van der Waals surface area contributed by atoms with E-state index in [2.05, 4.69) is 34.5 Å². The van der Waals surface area contributed by atoms with Crippen LogP contribution in [0.1, 0.15) is 30.1 Å². The predicted molar refractivity (Wildman–Crippen MR) is 101 cm³/mol. The number of aliphatic hydroxyl groups is 1. The maximum Gasteiger partial charge on any atom is 0.0914 e. The van der Waals surface area contributed by atoms with Crippen molar-refractivity contribution in [2.75, 3.05) is 31.1 Å². The van der Waals surface area contributed by atoms with Crippen molar-refractivity contribution >= 4 is 17.3 Å². The molecule has 128 valence electrons. The molecule has 0 aromatic heterocycles. The Labute approximate surface area is 149 Å². The second-order valence-corrected chi connectivity index (χ2v) is 6.82. The standard InChI is InChI=1S/C20H25ClN2O/c21-18-5-3-4-17(14-18)20(24)15-22-11-10-16-6-8-19(9-7-16)23-12-1-2-13-23/h3-9,14,20,22,24H,1-2,10-13,15H2. The normalized spacial score (nSPS) is 15.7. The molecule has 0 amide bonds.